The maximum atomic E-state index is 12.7. The lowest BCUT2D eigenvalue weighted by molar-refractivity contribution is 0.122. The molecule has 4 rings (SSSR count). The molecule has 32 heavy (non-hydrogen) atoms. The molecule has 2 heterocycles. The van der Waals surface area contributed by atoms with E-state index in [0.29, 0.717) is 62.5 Å². The lowest BCUT2D eigenvalue weighted by Crippen LogP contribution is -2.33. The van der Waals surface area contributed by atoms with Crippen LogP contribution in [0, 0.1) is 0 Å². The molecular formula is C24H28N4O4. The van der Waals surface area contributed by atoms with Gasteiger partial charge in [-0.05, 0) is 31.0 Å². The number of urea groups is 1. The molecule has 0 spiro atoms. The zero-order valence-corrected chi connectivity index (χ0v) is 18.2. The number of nitrogens with one attached hydrogen (secondary N) is 1. The van der Waals surface area contributed by atoms with Crippen LogP contribution in [-0.2, 0) is 17.8 Å². The third-order valence-electron chi connectivity index (χ3n) is 5.32. The van der Waals surface area contributed by atoms with E-state index in [-0.39, 0.29) is 11.9 Å². The summed E-state index contributed by atoms with van der Waals surface area (Å²) in [6, 6.07) is 17.3. The number of carbonyl (C=O) groups excluding carboxylic acids is 1. The molecule has 1 aliphatic heterocycles. The highest BCUT2D eigenvalue weighted by atomic mass is 16.5. The summed E-state index contributed by atoms with van der Waals surface area (Å²) < 4.78 is 16.7. The zero-order chi connectivity index (χ0) is 22.2. The molecule has 1 N–H and O–H groups in total. The van der Waals surface area contributed by atoms with Gasteiger partial charge in [0.2, 0.25) is 5.89 Å². The molecule has 1 fully saturated rings. The van der Waals surface area contributed by atoms with Crippen LogP contribution in [0.25, 0.3) is 0 Å². The Morgan fingerprint density at radius 2 is 2.00 bits per heavy atom. The topological polar surface area (TPSA) is 89.7 Å². The van der Waals surface area contributed by atoms with Gasteiger partial charge in [-0.2, -0.15) is 4.98 Å². The summed E-state index contributed by atoms with van der Waals surface area (Å²) in [5.41, 5.74) is 1.80. The van der Waals surface area contributed by atoms with Crippen LogP contribution < -0.4 is 10.1 Å². The number of carbonyl (C=O) groups is 1. The molecule has 0 saturated carbocycles. The van der Waals surface area contributed by atoms with Crippen LogP contribution in [-0.4, -0.2) is 47.4 Å². The van der Waals surface area contributed by atoms with Crippen molar-refractivity contribution < 1.29 is 18.8 Å². The fourth-order valence-electron chi connectivity index (χ4n) is 3.65. The second-order valence-corrected chi connectivity index (χ2v) is 7.63. The molecule has 1 aliphatic rings. The minimum Gasteiger partial charge on any atom is -0.492 e. The Morgan fingerprint density at radius 3 is 2.84 bits per heavy atom. The molecule has 2 amide bonds. The van der Waals surface area contributed by atoms with Crippen LogP contribution in [0.3, 0.4) is 0 Å². The molecule has 1 atom stereocenters. The number of hydrogen-bond donors (Lipinski definition) is 1. The quantitative estimate of drug-likeness (QED) is 0.505. The summed E-state index contributed by atoms with van der Waals surface area (Å²) in [4.78, 5) is 19.0. The predicted molar refractivity (Wildman–Crippen MR) is 120 cm³/mol. The first-order chi connectivity index (χ1) is 15.7. The number of ether oxygens (including phenoxy) is 2. The third-order valence-corrected chi connectivity index (χ3v) is 5.32. The second kappa shape index (κ2) is 10.8. The maximum absolute atomic E-state index is 12.7. The highest BCUT2D eigenvalue weighted by Gasteiger charge is 2.31. The number of nitrogens with zero attached hydrogens (tertiary/aromatic N) is 3. The number of aromatic nitrogens is 2. The van der Waals surface area contributed by atoms with Crippen molar-refractivity contribution in [3.8, 4) is 5.75 Å². The van der Waals surface area contributed by atoms with Crippen molar-refractivity contribution >= 4 is 11.7 Å². The van der Waals surface area contributed by atoms with Gasteiger partial charge in [-0.15, -0.1) is 0 Å². The van der Waals surface area contributed by atoms with Crippen molar-refractivity contribution in [2.24, 2.45) is 0 Å². The molecule has 168 valence electrons. The van der Waals surface area contributed by atoms with Crippen LogP contribution in [0.4, 0.5) is 10.5 Å². The molecule has 0 aliphatic carbocycles. The highest BCUT2D eigenvalue weighted by molar-refractivity contribution is 5.91. The van der Waals surface area contributed by atoms with Crippen molar-refractivity contribution in [1.29, 1.82) is 0 Å². The second-order valence-electron chi connectivity index (χ2n) is 7.63. The SMILES string of the molecule is CCOc1ccccc1NC(=O)N1CCC(c2nc(CCOCc3ccccc3)no2)C1. The van der Waals surface area contributed by atoms with Crippen LogP contribution >= 0.6 is 0 Å². The summed E-state index contributed by atoms with van der Waals surface area (Å²) in [6.45, 7) is 4.70. The number of para-hydroxylation sites is 2. The van der Waals surface area contributed by atoms with Gasteiger partial charge < -0.3 is 24.2 Å². The van der Waals surface area contributed by atoms with E-state index >= 15 is 0 Å². The third kappa shape index (κ3) is 5.64. The summed E-state index contributed by atoms with van der Waals surface area (Å²) >= 11 is 0. The molecule has 8 heteroatoms. The van der Waals surface area contributed by atoms with Crippen molar-refractivity contribution in [1.82, 2.24) is 15.0 Å². The van der Waals surface area contributed by atoms with Gasteiger partial charge in [0.15, 0.2) is 5.82 Å². The van der Waals surface area contributed by atoms with E-state index < -0.39 is 0 Å². The highest BCUT2D eigenvalue weighted by Crippen LogP contribution is 2.28. The summed E-state index contributed by atoms with van der Waals surface area (Å²) in [5.74, 6) is 1.90. The number of hydrogen-bond acceptors (Lipinski definition) is 6. The predicted octanol–water partition coefficient (Wildman–Crippen LogP) is 4.25. The minimum absolute atomic E-state index is 0.0365. The van der Waals surface area contributed by atoms with Gasteiger partial charge in [0, 0.05) is 19.5 Å². The van der Waals surface area contributed by atoms with Gasteiger partial charge in [-0.1, -0.05) is 47.6 Å². The van der Waals surface area contributed by atoms with E-state index in [1.54, 1.807) is 4.90 Å². The molecule has 0 bridgehead atoms. The van der Waals surface area contributed by atoms with Crippen LogP contribution in [0.15, 0.2) is 59.1 Å². The molecule has 1 saturated heterocycles. The Labute approximate surface area is 187 Å². The van der Waals surface area contributed by atoms with E-state index in [4.69, 9.17) is 14.0 Å². The van der Waals surface area contributed by atoms with E-state index in [2.05, 4.69) is 15.5 Å². The average molecular weight is 437 g/mol. The van der Waals surface area contributed by atoms with E-state index in [1.165, 1.54) is 0 Å². The van der Waals surface area contributed by atoms with Crippen LogP contribution in [0.5, 0.6) is 5.75 Å². The molecule has 1 unspecified atom stereocenters. The van der Waals surface area contributed by atoms with Gasteiger partial charge in [-0.3, -0.25) is 0 Å². The Kier molecular flexibility index (Phi) is 7.34. The maximum Gasteiger partial charge on any atom is 0.321 e. The van der Waals surface area contributed by atoms with Gasteiger partial charge in [0.25, 0.3) is 0 Å². The molecule has 3 aromatic rings. The summed E-state index contributed by atoms with van der Waals surface area (Å²) in [7, 11) is 0. The monoisotopic (exact) mass is 436 g/mol. The van der Waals surface area contributed by atoms with Crippen LogP contribution in [0.2, 0.25) is 0 Å². The fourth-order valence-corrected chi connectivity index (χ4v) is 3.65. The van der Waals surface area contributed by atoms with Gasteiger partial charge in [-0.25, -0.2) is 4.79 Å². The Balaban J connectivity index is 1.25. The van der Waals surface area contributed by atoms with Gasteiger partial charge in [0.05, 0.1) is 31.4 Å². The zero-order valence-electron chi connectivity index (χ0n) is 18.2. The number of benzene rings is 2. The van der Waals surface area contributed by atoms with Crippen molar-refractivity contribution in [3.63, 3.8) is 0 Å². The number of amides is 2. The van der Waals surface area contributed by atoms with Crippen molar-refractivity contribution in [3.05, 3.63) is 71.9 Å². The van der Waals surface area contributed by atoms with Gasteiger partial charge in [0.1, 0.15) is 5.75 Å². The number of anilines is 1. The smallest absolute Gasteiger partial charge is 0.321 e. The first kappa shape index (κ1) is 21.8. The summed E-state index contributed by atoms with van der Waals surface area (Å²) in [5, 5.41) is 7.01. The van der Waals surface area contributed by atoms with E-state index in [9.17, 15) is 4.79 Å². The fraction of sp³-hybridized carbons (Fsp3) is 0.375. The lowest BCUT2D eigenvalue weighted by atomic mass is 10.1. The van der Waals surface area contributed by atoms with Crippen LogP contribution in [0.1, 0.15) is 36.5 Å². The van der Waals surface area contributed by atoms with Crippen molar-refractivity contribution in [2.75, 3.05) is 31.6 Å². The summed E-state index contributed by atoms with van der Waals surface area (Å²) in [6.07, 6.45) is 1.37. The molecule has 2 aromatic carbocycles. The molecular weight excluding hydrogens is 408 g/mol. The standard InChI is InChI=1S/C24H28N4O4/c1-2-31-21-11-7-6-10-20(21)25-24(29)28-14-12-19(16-28)23-26-22(27-32-23)13-15-30-17-18-8-4-3-5-9-18/h3-11,19H,2,12-17H2,1H3,(H,25,29). The van der Waals surface area contributed by atoms with Gasteiger partial charge >= 0.3 is 6.03 Å². The number of likely N-dealkylation sites (tertiary alicyclic amines) is 1. The lowest BCUT2D eigenvalue weighted by Gasteiger charge is -2.18. The average Bonchev–Trinajstić information content (AvgIpc) is 3.49. The Morgan fingerprint density at radius 1 is 1.19 bits per heavy atom. The first-order valence-electron chi connectivity index (χ1n) is 10.9. The van der Waals surface area contributed by atoms with Crippen molar-refractivity contribution in [2.45, 2.75) is 32.3 Å². The Hall–Kier alpha value is -3.39. The first-order valence-corrected chi connectivity index (χ1v) is 10.9. The van der Waals surface area contributed by atoms with E-state index in [0.717, 1.165) is 12.0 Å². The largest absolute Gasteiger partial charge is 0.492 e. The normalized spacial score (nSPS) is 15.7. The minimum atomic E-state index is -0.159. The molecule has 0 radical (unpaired) electrons. The molecule has 8 nitrogen and oxygen atoms in total. The number of rotatable bonds is 9. The Bertz CT molecular complexity index is 1010. The molecule has 1 aromatic heterocycles. The van der Waals surface area contributed by atoms with E-state index in [1.807, 2.05) is 61.5 Å².